The van der Waals surface area contributed by atoms with E-state index < -0.39 is 0 Å². The molecule has 0 saturated carbocycles. The van der Waals surface area contributed by atoms with Crippen LogP contribution in [-0.2, 0) is 13.0 Å². The van der Waals surface area contributed by atoms with Crippen molar-refractivity contribution in [2.45, 2.75) is 13.0 Å². The lowest BCUT2D eigenvalue weighted by atomic mass is 10.2. The number of halogens is 1. The van der Waals surface area contributed by atoms with Crippen molar-refractivity contribution in [1.82, 2.24) is 4.98 Å². The van der Waals surface area contributed by atoms with Crippen LogP contribution in [0.25, 0.3) is 0 Å². The molecule has 0 saturated heterocycles. The maximum absolute atomic E-state index is 13.4. The Balaban J connectivity index is 1.96. The van der Waals surface area contributed by atoms with Crippen LogP contribution in [0.5, 0.6) is 5.75 Å². The summed E-state index contributed by atoms with van der Waals surface area (Å²) in [4.78, 5) is 4.19. The van der Waals surface area contributed by atoms with E-state index in [-0.39, 0.29) is 12.4 Å². The number of ether oxygens (including phenoxy) is 1. The second-order valence-electron chi connectivity index (χ2n) is 3.84. The summed E-state index contributed by atoms with van der Waals surface area (Å²) in [6.07, 6.45) is 2.42. The summed E-state index contributed by atoms with van der Waals surface area (Å²) in [5, 5.41) is 0. The van der Waals surface area contributed by atoms with Crippen molar-refractivity contribution in [2.75, 3.05) is 6.61 Å². The van der Waals surface area contributed by atoms with E-state index in [1.165, 1.54) is 6.07 Å². The molecule has 0 aliphatic carbocycles. The highest BCUT2D eigenvalue weighted by atomic mass is 19.1. The topological polar surface area (TPSA) is 48.1 Å². The molecule has 0 bridgehead atoms. The molecule has 0 amide bonds. The summed E-state index contributed by atoms with van der Waals surface area (Å²) in [7, 11) is 0. The molecule has 0 atom stereocenters. The van der Waals surface area contributed by atoms with Crippen molar-refractivity contribution in [3.05, 3.63) is 59.7 Å². The maximum atomic E-state index is 13.4. The fourth-order valence-corrected chi connectivity index (χ4v) is 1.68. The average Bonchev–Trinajstić information content (AvgIpc) is 2.40. The molecule has 4 heteroatoms. The normalized spacial score (nSPS) is 10.3. The average molecular weight is 246 g/mol. The predicted octanol–water partition coefficient (Wildman–Crippen LogP) is 2.30. The molecule has 1 aromatic heterocycles. The molecular formula is C14H15FN2O. The van der Waals surface area contributed by atoms with Crippen LogP contribution < -0.4 is 10.5 Å². The molecule has 2 rings (SSSR count). The Labute approximate surface area is 105 Å². The van der Waals surface area contributed by atoms with Crippen LogP contribution in [0.1, 0.15) is 11.3 Å². The van der Waals surface area contributed by atoms with Gasteiger partial charge in [-0.05, 0) is 24.3 Å². The minimum Gasteiger partial charge on any atom is -0.493 e. The molecule has 0 unspecified atom stereocenters. The molecule has 1 aromatic carbocycles. The van der Waals surface area contributed by atoms with Crippen molar-refractivity contribution in [2.24, 2.45) is 5.73 Å². The van der Waals surface area contributed by atoms with Gasteiger partial charge in [-0.15, -0.1) is 0 Å². The van der Waals surface area contributed by atoms with Gasteiger partial charge < -0.3 is 10.5 Å². The molecule has 94 valence electrons. The first-order chi connectivity index (χ1) is 8.81. The van der Waals surface area contributed by atoms with Crippen LogP contribution in [0, 0.1) is 5.82 Å². The fourth-order valence-electron chi connectivity index (χ4n) is 1.68. The lowest BCUT2D eigenvalue weighted by molar-refractivity contribution is 0.315. The van der Waals surface area contributed by atoms with Crippen LogP contribution in [0.4, 0.5) is 4.39 Å². The van der Waals surface area contributed by atoms with Crippen molar-refractivity contribution < 1.29 is 9.13 Å². The van der Waals surface area contributed by atoms with Crippen LogP contribution in [-0.4, -0.2) is 11.6 Å². The van der Waals surface area contributed by atoms with Crippen molar-refractivity contribution in [3.8, 4) is 5.75 Å². The Bertz CT molecular complexity index is 502. The second-order valence-corrected chi connectivity index (χ2v) is 3.84. The van der Waals surface area contributed by atoms with E-state index in [1.807, 2.05) is 18.2 Å². The first-order valence-corrected chi connectivity index (χ1v) is 5.81. The summed E-state index contributed by atoms with van der Waals surface area (Å²) in [6.45, 7) is 0.582. The number of hydrogen-bond acceptors (Lipinski definition) is 3. The molecule has 0 aliphatic heterocycles. The van der Waals surface area contributed by atoms with Gasteiger partial charge in [0.15, 0.2) is 0 Å². The van der Waals surface area contributed by atoms with Crippen molar-refractivity contribution in [3.63, 3.8) is 0 Å². The van der Waals surface area contributed by atoms with Gasteiger partial charge >= 0.3 is 0 Å². The van der Waals surface area contributed by atoms with Gasteiger partial charge in [0.05, 0.1) is 6.61 Å². The summed E-state index contributed by atoms with van der Waals surface area (Å²) in [5.41, 5.74) is 6.86. The Hall–Kier alpha value is -1.94. The van der Waals surface area contributed by atoms with E-state index in [9.17, 15) is 4.39 Å². The lowest BCUT2D eigenvalue weighted by Gasteiger charge is -2.10. The third-order valence-corrected chi connectivity index (χ3v) is 2.62. The van der Waals surface area contributed by atoms with Crippen molar-refractivity contribution in [1.29, 1.82) is 0 Å². The minimum atomic E-state index is -0.326. The summed E-state index contributed by atoms with van der Waals surface area (Å²) in [5.74, 6) is 0.182. The lowest BCUT2D eigenvalue weighted by Crippen LogP contribution is -2.08. The molecule has 2 aromatic rings. The molecule has 3 nitrogen and oxygen atoms in total. The molecular weight excluding hydrogens is 231 g/mol. The number of benzene rings is 1. The first kappa shape index (κ1) is 12.5. The van der Waals surface area contributed by atoms with Gasteiger partial charge in [0.1, 0.15) is 11.6 Å². The van der Waals surface area contributed by atoms with Gasteiger partial charge in [-0.3, -0.25) is 4.98 Å². The van der Waals surface area contributed by atoms with E-state index >= 15 is 0 Å². The Morgan fingerprint density at radius 3 is 2.78 bits per heavy atom. The zero-order chi connectivity index (χ0) is 12.8. The second kappa shape index (κ2) is 6.12. The molecule has 0 aliphatic rings. The summed E-state index contributed by atoms with van der Waals surface area (Å²) in [6, 6.07) is 10.4. The van der Waals surface area contributed by atoms with E-state index in [0.29, 0.717) is 24.3 Å². The van der Waals surface area contributed by atoms with Crippen molar-refractivity contribution >= 4 is 0 Å². The number of pyridine rings is 1. The Morgan fingerprint density at radius 1 is 1.17 bits per heavy atom. The van der Waals surface area contributed by atoms with Gasteiger partial charge in [-0.25, -0.2) is 4.39 Å². The van der Waals surface area contributed by atoms with E-state index in [1.54, 1.807) is 18.3 Å². The first-order valence-electron chi connectivity index (χ1n) is 5.81. The quantitative estimate of drug-likeness (QED) is 0.880. The highest BCUT2D eigenvalue weighted by Crippen LogP contribution is 2.20. The Morgan fingerprint density at radius 2 is 2.06 bits per heavy atom. The van der Waals surface area contributed by atoms with Crippen LogP contribution >= 0.6 is 0 Å². The van der Waals surface area contributed by atoms with E-state index in [2.05, 4.69) is 4.98 Å². The van der Waals surface area contributed by atoms with E-state index in [0.717, 1.165) is 5.69 Å². The van der Waals surface area contributed by atoms with Gasteiger partial charge in [0, 0.05) is 30.4 Å². The zero-order valence-electron chi connectivity index (χ0n) is 9.97. The largest absolute Gasteiger partial charge is 0.493 e. The standard InChI is InChI=1S/C14H15FN2O/c15-13-5-3-6-14(12(13)10-16)18-9-7-11-4-1-2-8-17-11/h1-6,8H,7,9-10,16H2. The number of nitrogens with zero attached hydrogens (tertiary/aromatic N) is 1. The van der Waals surface area contributed by atoms with Gasteiger partial charge in [-0.1, -0.05) is 12.1 Å². The van der Waals surface area contributed by atoms with E-state index in [4.69, 9.17) is 10.5 Å². The predicted molar refractivity (Wildman–Crippen MR) is 67.7 cm³/mol. The van der Waals surface area contributed by atoms with Gasteiger partial charge in [-0.2, -0.15) is 0 Å². The highest BCUT2D eigenvalue weighted by Gasteiger charge is 2.07. The third-order valence-electron chi connectivity index (χ3n) is 2.62. The molecule has 18 heavy (non-hydrogen) atoms. The number of nitrogens with two attached hydrogens (primary N) is 1. The highest BCUT2D eigenvalue weighted by molar-refractivity contribution is 5.34. The molecule has 0 spiro atoms. The molecule has 2 N–H and O–H groups in total. The smallest absolute Gasteiger partial charge is 0.131 e. The van der Waals surface area contributed by atoms with Crippen LogP contribution in [0.2, 0.25) is 0 Å². The SMILES string of the molecule is NCc1c(F)cccc1OCCc1ccccn1. The molecule has 0 radical (unpaired) electrons. The third kappa shape index (κ3) is 3.05. The Kier molecular flexibility index (Phi) is 4.25. The summed E-state index contributed by atoms with van der Waals surface area (Å²) < 4.78 is 19.0. The van der Waals surface area contributed by atoms with Gasteiger partial charge in [0.2, 0.25) is 0 Å². The molecule has 0 fully saturated rings. The number of hydrogen-bond donors (Lipinski definition) is 1. The van der Waals surface area contributed by atoms with Gasteiger partial charge in [0.25, 0.3) is 0 Å². The maximum Gasteiger partial charge on any atom is 0.131 e. The fraction of sp³-hybridized carbons (Fsp3) is 0.214. The zero-order valence-corrected chi connectivity index (χ0v) is 9.97. The van der Waals surface area contributed by atoms with Crippen LogP contribution in [0.3, 0.4) is 0 Å². The minimum absolute atomic E-state index is 0.131. The number of aromatic nitrogens is 1. The molecule has 1 heterocycles. The number of rotatable bonds is 5. The van der Waals surface area contributed by atoms with Crippen LogP contribution in [0.15, 0.2) is 42.6 Å². The monoisotopic (exact) mass is 246 g/mol. The summed E-state index contributed by atoms with van der Waals surface area (Å²) >= 11 is 0.